The molecule has 0 saturated heterocycles. The average molecular weight is 326 g/mol. The number of hydrogen-bond acceptors (Lipinski definition) is 5. The largest absolute Gasteiger partial charge is 0.493 e. The van der Waals surface area contributed by atoms with Crippen LogP contribution < -0.4 is 14.9 Å². The van der Waals surface area contributed by atoms with Gasteiger partial charge in [-0.2, -0.15) is 5.10 Å². The highest BCUT2D eigenvalue weighted by Gasteiger charge is 2.04. The number of anilines is 1. The Bertz CT molecular complexity index is 739. The number of methoxy groups -OCH3 is 1. The van der Waals surface area contributed by atoms with Gasteiger partial charge in [0.25, 0.3) is 0 Å². The summed E-state index contributed by atoms with van der Waals surface area (Å²) in [5.74, 6) is 0.272. The van der Waals surface area contributed by atoms with E-state index in [9.17, 15) is 4.79 Å². The SMILES string of the molecule is C=CCOc1ccc(/C=N\Nc2ccc(C(=O)O)cc2)cc1OC. The number of carbonyl (C=O) groups is 1. The second-order valence-electron chi connectivity index (χ2n) is 4.76. The highest BCUT2D eigenvalue weighted by atomic mass is 16.5. The van der Waals surface area contributed by atoms with Crippen LogP contribution in [0.2, 0.25) is 0 Å². The minimum atomic E-state index is -0.962. The van der Waals surface area contributed by atoms with E-state index in [0.717, 1.165) is 5.56 Å². The molecule has 0 radical (unpaired) electrons. The molecule has 0 atom stereocenters. The van der Waals surface area contributed by atoms with Crippen molar-refractivity contribution >= 4 is 17.9 Å². The Kier molecular flexibility index (Phi) is 5.96. The number of hydrogen-bond donors (Lipinski definition) is 2. The summed E-state index contributed by atoms with van der Waals surface area (Å²) in [5.41, 5.74) is 4.58. The molecule has 2 rings (SSSR count). The van der Waals surface area contributed by atoms with Crippen LogP contribution in [0.4, 0.5) is 5.69 Å². The van der Waals surface area contributed by atoms with Crippen molar-refractivity contribution in [1.29, 1.82) is 0 Å². The molecule has 0 bridgehead atoms. The van der Waals surface area contributed by atoms with E-state index in [4.69, 9.17) is 14.6 Å². The van der Waals surface area contributed by atoms with E-state index in [2.05, 4.69) is 17.1 Å². The summed E-state index contributed by atoms with van der Waals surface area (Å²) in [6.07, 6.45) is 3.29. The smallest absolute Gasteiger partial charge is 0.335 e. The summed E-state index contributed by atoms with van der Waals surface area (Å²) in [7, 11) is 1.57. The van der Waals surface area contributed by atoms with Gasteiger partial charge in [0.2, 0.25) is 0 Å². The molecule has 0 amide bonds. The molecule has 6 nitrogen and oxygen atoms in total. The zero-order valence-electron chi connectivity index (χ0n) is 13.2. The van der Waals surface area contributed by atoms with Gasteiger partial charge in [0.1, 0.15) is 6.61 Å². The minimum absolute atomic E-state index is 0.226. The summed E-state index contributed by atoms with van der Waals surface area (Å²) in [6, 6.07) is 11.8. The lowest BCUT2D eigenvalue weighted by Gasteiger charge is -2.09. The van der Waals surface area contributed by atoms with Crippen LogP contribution in [0.15, 0.2) is 60.2 Å². The first-order valence-corrected chi connectivity index (χ1v) is 7.18. The fourth-order valence-electron chi connectivity index (χ4n) is 1.90. The number of benzene rings is 2. The van der Waals surface area contributed by atoms with E-state index in [-0.39, 0.29) is 5.56 Å². The van der Waals surface area contributed by atoms with Gasteiger partial charge in [-0.05, 0) is 48.0 Å². The Balaban J connectivity index is 2.03. The molecule has 0 unspecified atom stereocenters. The number of rotatable bonds is 8. The van der Waals surface area contributed by atoms with Crippen LogP contribution in [0.25, 0.3) is 0 Å². The van der Waals surface area contributed by atoms with Crippen LogP contribution in [0.5, 0.6) is 11.5 Å². The van der Waals surface area contributed by atoms with Crippen LogP contribution in [-0.4, -0.2) is 31.0 Å². The molecule has 0 saturated carbocycles. The Hall–Kier alpha value is -3.28. The van der Waals surface area contributed by atoms with Gasteiger partial charge in [-0.15, -0.1) is 0 Å². The lowest BCUT2D eigenvalue weighted by atomic mass is 10.2. The summed E-state index contributed by atoms with van der Waals surface area (Å²) in [6.45, 7) is 4.01. The Morgan fingerprint density at radius 2 is 2.00 bits per heavy atom. The van der Waals surface area contributed by atoms with E-state index in [1.807, 2.05) is 6.07 Å². The summed E-state index contributed by atoms with van der Waals surface area (Å²) in [5, 5.41) is 13.0. The molecular formula is C18H18N2O4. The Morgan fingerprint density at radius 3 is 2.62 bits per heavy atom. The molecular weight excluding hydrogens is 308 g/mol. The minimum Gasteiger partial charge on any atom is -0.493 e. The molecule has 0 aliphatic rings. The quantitative estimate of drug-likeness (QED) is 0.441. The second kappa shape index (κ2) is 8.38. The van der Waals surface area contributed by atoms with Crippen molar-refractivity contribution in [3.63, 3.8) is 0 Å². The number of nitrogens with zero attached hydrogens (tertiary/aromatic N) is 1. The van der Waals surface area contributed by atoms with Crippen LogP contribution in [0.3, 0.4) is 0 Å². The second-order valence-corrected chi connectivity index (χ2v) is 4.76. The number of aromatic carboxylic acids is 1. The summed E-state index contributed by atoms with van der Waals surface area (Å²) < 4.78 is 10.8. The fraction of sp³-hybridized carbons (Fsp3) is 0.111. The van der Waals surface area contributed by atoms with Crippen molar-refractivity contribution in [3.05, 3.63) is 66.2 Å². The summed E-state index contributed by atoms with van der Waals surface area (Å²) in [4.78, 5) is 10.8. The van der Waals surface area contributed by atoms with Gasteiger partial charge >= 0.3 is 5.97 Å². The van der Waals surface area contributed by atoms with E-state index >= 15 is 0 Å². The molecule has 0 aliphatic heterocycles. The zero-order chi connectivity index (χ0) is 17.4. The van der Waals surface area contributed by atoms with Crippen LogP contribution >= 0.6 is 0 Å². The number of hydrazone groups is 1. The number of ether oxygens (including phenoxy) is 2. The highest BCUT2D eigenvalue weighted by molar-refractivity contribution is 5.88. The third-order valence-electron chi connectivity index (χ3n) is 3.08. The van der Waals surface area contributed by atoms with Gasteiger partial charge < -0.3 is 14.6 Å². The van der Waals surface area contributed by atoms with E-state index < -0.39 is 5.97 Å². The van der Waals surface area contributed by atoms with Gasteiger partial charge in [-0.1, -0.05) is 12.7 Å². The first-order valence-electron chi connectivity index (χ1n) is 7.18. The standard InChI is InChI=1S/C18H18N2O4/c1-3-10-24-16-9-4-13(11-17(16)23-2)12-19-20-15-7-5-14(6-8-15)18(21)22/h3-9,11-12,20H,1,10H2,2H3,(H,21,22)/b19-12-. The van der Waals surface area contributed by atoms with Gasteiger partial charge in [0, 0.05) is 0 Å². The normalized spacial score (nSPS) is 10.4. The number of nitrogens with one attached hydrogen (secondary N) is 1. The maximum Gasteiger partial charge on any atom is 0.335 e. The average Bonchev–Trinajstić information content (AvgIpc) is 2.60. The van der Waals surface area contributed by atoms with Crippen molar-refractivity contribution in [2.24, 2.45) is 5.10 Å². The molecule has 124 valence electrons. The van der Waals surface area contributed by atoms with E-state index in [1.54, 1.807) is 43.7 Å². The zero-order valence-corrected chi connectivity index (χ0v) is 13.2. The van der Waals surface area contributed by atoms with E-state index in [1.165, 1.54) is 12.1 Å². The molecule has 2 aromatic carbocycles. The number of carboxylic acids is 1. The molecule has 0 aliphatic carbocycles. The topological polar surface area (TPSA) is 80.2 Å². The van der Waals surface area contributed by atoms with Gasteiger partial charge in [-0.25, -0.2) is 4.79 Å². The van der Waals surface area contributed by atoms with E-state index in [0.29, 0.717) is 23.8 Å². The monoisotopic (exact) mass is 326 g/mol. The molecule has 24 heavy (non-hydrogen) atoms. The fourth-order valence-corrected chi connectivity index (χ4v) is 1.90. The molecule has 0 aromatic heterocycles. The van der Waals surface area contributed by atoms with Gasteiger partial charge in [0.05, 0.1) is 24.6 Å². The van der Waals surface area contributed by atoms with Gasteiger partial charge in [0.15, 0.2) is 11.5 Å². The molecule has 0 heterocycles. The van der Waals surface area contributed by atoms with Crippen LogP contribution in [-0.2, 0) is 0 Å². The van der Waals surface area contributed by atoms with Crippen molar-refractivity contribution in [3.8, 4) is 11.5 Å². The molecule has 2 aromatic rings. The third-order valence-corrected chi connectivity index (χ3v) is 3.08. The molecule has 2 N–H and O–H groups in total. The molecule has 6 heteroatoms. The van der Waals surface area contributed by atoms with Crippen molar-refractivity contribution in [1.82, 2.24) is 0 Å². The lowest BCUT2D eigenvalue weighted by Crippen LogP contribution is -1.98. The maximum atomic E-state index is 10.8. The molecule has 0 fully saturated rings. The predicted molar refractivity (Wildman–Crippen MR) is 93.3 cm³/mol. The van der Waals surface area contributed by atoms with Crippen LogP contribution in [0, 0.1) is 0 Å². The van der Waals surface area contributed by atoms with Crippen molar-refractivity contribution < 1.29 is 19.4 Å². The van der Waals surface area contributed by atoms with Crippen LogP contribution in [0.1, 0.15) is 15.9 Å². The molecule has 0 spiro atoms. The Morgan fingerprint density at radius 1 is 1.25 bits per heavy atom. The number of carboxylic acid groups (broad SMARTS) is 1. The van der Waals surface area contributed by atoms with Crippen molar-refractivity contribution in [2.75, 3.05) is 19.1 Å². The third kappa shape index (κ3) is 4.61. The highest BCUT2D eigenvalue weighted by Crippen LogP contribution is 2.27. The maximum absolute atomic E-state index is 10.8. The van der Waals surface area contributed by atoms with Gasteiger partial charge in [-0.3, -0.25) is 5.43 Å². The first-order chi connectivity index (χ1) is 11.6. The summed E-state index contributed by atoms with van der Waals surface area (Å²) >= 11 is 0. The lowest BCUT2D eigenvalue weighted by molar-refractivity contribution is 0.0697. The first kappa shape index (κ1) is 17.1. The predicted octanol–water partition coefficient (Wildman–Crippen LogP) is 3.40. The Labute approximate surface area is 140 Å². The van der Waals surface area contributed by atoms with Crippen molar-refractivity contribution in [2.45, 2.75) is 0 Å².